The summed E-state index contributed by atoms with van der Waals surface area (Å²) in [4.78, 5) is 98.4. The number of carbonyl (C=O) groups excluding carboxylic acids is 7. The van der Waals surface area contributed by atoms with Crippen LogP contribution in [0.4, 0.5) is 5.69 Å². The first-order chi connectivity index (χ1) is 42.4. The Morgan fingerprint density at radius 1 is 0.739 bits per heavy atom. The summed E-state index contributed by atoms with van der Waals surface area (Å²) in [5, 5.41) is 20.8. The molecule has 2 aromatic carbocycles. The number of nitrogens with zero attached hydrogens (tertiary/aromatic N) is 3. The van der Waals surface area contributed by atoms with Gasteiger partial charge in [-0.1, -0.05) is 70.3 Å². The van der Waals surface area contributed by atoms with Crippen LogP contribution in [-0.4, -0.2) is 192 Å². The van der Waals surface area contributed by atoms with Crippen molar-refractivity contribution in [2.75, 3.05) is 117 Å². The molecular formula is C63H92N10O14S. The molecule has 88 heavy (non-hydrogen) atoms. The molecule has 7 N–H and O–H groups in total. The van der Waals surface area contributed by atoms with Crippen LogP contribution >= 0.6 is 11.3 Å². The predicted octanol–water partition coefficient (Wildman–Crippen LogP) is 4.01. The number of nitrogens with one attached hydrogen (secondary N) is 7. The van der Waals surface area contributed by atoms with Gasteiger partial charge in [-0.05, 0) is 86.1 Å². The number of carbonyl (C=O) groups is 7. The van der Waals surface area contributed by atoms with Gasteiger partial charge in [-0.15, -0.1) is 11.3 Å². The minimum absolute atomic E-state index is 0.0600. The topological polar surface area (TPSA) is 288 Å². The van der Waals surface area contributed by atoms with Crippen molar-refractivity contribution in [1.29, 1.82) is 0 Å². The number of likely N-dealkylation sites (tertiary alicyclic amines) is 1. The van der Waals surface area contributed by atoms with Crippen LogP contribution in [0.3, 0.4) is 0 Å². The molecule has 1 aromatic heterocycles. The summed E-state index contributed by atoms with van der Waals surface area (Å²) >= 11 is 1.59. The van der Waals surface area contributed by atoms with Crippen LogP contribution in [0.2, 0.25) is 0 Å². The van der Waals surface area contributed by atoms with Gasteiger partial charge in [-0.2, -0.15) is 0 Å². The number of ether oxygens (including phenoxy) is 7. The van der Waals surface area contributed by atoms with Gasteiger partial charge in [0.2, 0.25) is 41.4 Å². The van der Waals surface area contributed by atoms with E-state index in [0.29, 0.717) is 110 Å². The Bertz CT molecular complexity index is 2770. The van der Waals surface area contributed by atoms with E-state index in [1.54, 1.807) is 16.2 Å². The zero-order valence-electron chi connectivity index (χ0n) is 51.9. The number of benzene rings is 2. The lowest BCUT2D eigenvalue weighted by molar-refractivity contribution is -0.144. The molecular weight excluding hydrogens is 1150 g/mol. The average Bonchev–Trinajstić information content (AvgIpc) is 4.00. The van der Waals surface area contributed by atoms with E-state index in [-0.39, 0.29) is 100 Å². The van der Waals surface area contributed by atoms with Crippen LogP contribution in [0.1, 0.15) is 95.0 Å². The number of hydrogen-bond donors (Lipinski definition) is 7. The van der Waals surface area contributed by atoms with Crippen molar-refractivity contribution in [2.24, 2.45) is 5.41 Å². The Kier molecular flexibility index (Phi) is 29.9. The van der Waals surface area contributed by atoms with E-state index < -0.39 is 23.4 Å². The molecule has 0 saturated carbocycles. The molecule has 0 bridgehead atoms. The van der Waals surface area contributed by atoms with Gasteiger partial charge in [0.1, 0.15) is 31.9 Å². The minimum Gasteiger partial charge on any atom is -0.385 e. The Hall–Kier alpha value is -6.68. The van der Waals surface area contributed by atoms with Gasteiger partial charge >= 0.3 is 0 Å². The second-order valence-electron chi connectivity index (χ2n) is 23.0. The first kappa shape index (κ1) is 70.4. The minimum atomic E-state index is -0.874. The third-order valence-electron chi connectivity index (χ3n) is 14.9. The number of hydrogen-bond acceptors (Lipinski definition) is 19. The molecule has 2 saturated heterocycles. The van der Waals surface area contributed by atoms with E-state index in [4.69, 9.17) is 33.2 Å². The van der Waals surface area contributed by atoms with Crippen LogP contribution in [0.15, 0.2) is 72.5 Å². The Morgan fingerprint density at radius 2 is 1.38 bits per heavy atom. The molecule has 0 aliphatic carbocycles. The number of allylic oxidation sites excluding steroid dienone is 1. The van der Waals surface area contributed by atoms with E-state index >= 15 is 0 Å². The maximum atomic E-state index is 13.9. The molecule has 0 radical (unpaired) electrons. The molecule has 25 heteroatoms. The third-order valence-corrected chi connectivity index (χ3v) is 15.8. The Balaban J connectivity index is 0.706. The number of piperidine rings is 1. The van der Waals surface area contributed by atoms with Gasteiger partial charge in [0.25, 0.3) is 0 Å². The highest BCUT2D eigenvalue weighted by atomic mass is 32.1. The van der Waals surface area contributed by atoms with Crippen LogP contribution < -0.4 is 37.2 Å². The smallest absolute Gasteiger partial charge is 0.250 e. The molecule has 0 spiro atoms. The summed E-state index contributed by atoms with van der Waals surface area (Å²) in [6.07, 6.45) is 4.34. The van der Waals surface area contributed by atoms with E-state index in [2.05, 4.69) is 55.4 Å². The lowest BCUT2D eigenvalue weighted by Crippen LogP contribution is -2.58. The largest absolute Gasteiger partial charge is 0.385 e. The molecule has 7 amide bonds. The van der Waals surface area contributed by atoms with Crippen LogP contribution in [-0.2, 0) is 86.4 Å². The SMILES string of the molecule is C=C(C)N[C@@H](CCCCNC(=O)COCCOCCOCC(=O)NC(C(=O)N1CCCC1C(=O)NCc1ccc(-c2scnc2C)cc1)C(C)(C)C)C(=C)NCCOCCOCCOCCOCC(=O)Nc1cccc2c1CN(C1CCC(=O)NC1=O)C2. The number of unbranched alkanes of at least 4 members (excludes halogenated alkanes) is 1. The maximum Gasteiger partial charge on any atom is 0.250 e. The van der Waals surface area contributed by atoms with E-state index in [9.17, 15) is 33.6 Å². The standard InChI is InChI=1S/C63H92N10O14S/c1-43(2)68-50(44(3)64-23-25-81-26-27-82-28-29-83-31-34-86-40-56(76)69-51-14-10-12-48-37-72(38-49(48)51)52-20-21-54(74)71-61(52)79)13-8-9-22-65-55(75)39-85-33-30-84-32-35-87-41-57(77)70-59(63(5,6)7)62(80)73-24-11-15-53(73)60(78)66-36-46-16-18-47(19-17-46)58-45(4)67-42-88-58/h10,12,14,16-19,42,50,52-53,59,64,68H,1,3,8-9,11,13,15,20-41H2,2,4-7H3,(H,65,75)(H,66,78)(H,69,76)(H,70,77)(H,71,74,79)/t50-,52?,53?,59?/m0/s1. The molecule has 2 fully saturated rings. The normalized spacial score (nSPS) is 16.5. The summed E-state index contributed by atoms with van der Waals surface area (Å²) in [7, 11) is 0. The van der Waals surface area contributed by atoms with Gasteiger partial charge < -0.3 is 70.0 Å². The van der Waals surface area contributed by atoms with Crippen LogP contribution in [0.5, 0.6) is 0 Å². The third kappa shape index (κ3) is 24.0. The van der Waals surface area contributed by atoms with E-state index in [1.165, 1.54) is 0 Å². The zero-order valence-corrected chi connectivity index (χ0v) is 52.7. The number of rotatable bonds is 41. The maximum absolute atomic E-state index is 13.9. The lowest BCUT2D eigenvalue weighted by atomic mass is 9.85. The second kappa shape index (κ2) is 37.3. The fourth-order valence-corrected chi connectivity index (χ4v) is 11.1. The van der Waals surface area contributed by atoms with Crippen molar-refractivity contribution in [3.8, 4) is 10.4 Å². The van der Waals surface area contributed by atoms with Crippen molar-refractivity contribution in [3.05, 3.63) is 94.9 Å². The number of fused-ring (bicyclic) bond motifs is 1. The Morgan fingerprint density at radius 3 is 2.00 bits per heavy atom. The molecule has 3 aromatic rings. The van der Waals surface area contributed by atoms with Crippen molar-refractivity contribution >= 4 is 58.4 Å². The Labute approximate surface area is 521 Å². The molecule has 6 rings (SSSR count). The average molecular weight is 1250 g/mol. The van der Waals surface area contributed by atoms with Gasteiger partial charge in [0, 0.05) is 62.8 Å². The predicted molar refractivity (Wildman–Crippen MR) is 332 cm³/mol. The first-order valence-electron chi connectivity index (χ1n) is 30.4. The number of imide groups is 1. The zero-order chi connectivity index (χ0) is 63.3. The lowest BCUT2D eigenvalue weighted by Gasteiger charge is -2.35. The highest BCUT2D eigenvalue weighted by Crippen LogP contribution is 2.33. The first-order valence-corrected chi connectivity index (χ1v) is 31.3. The molecule has 3 aliphatic rings. The van der Waals surface area contributed by atoms with Crippen LogP contribution in [0, 0.1) is 12.3 Å². The summed E-state index contributed by atoms with van der Waals surface area (Å²) < 4.78 is 39.0. The molecule has 24 nitrogen and oxygen atoms in total. The monoisotopic (exact) mass is 1240 g/mol. The molecule has 4 heterocycles. The second-order valence-corrected chi connectivity index (χ2v) is 23.8. The van der Waals surface area contributed by atoms with Crippen molar-refractivity contribution in [1.82, 2.24) is 46.7 Å². The molecule has 4 atom stereocenters. The van der Waals surface area contributed by atoms with Gasteiger partial charge in [0.05, 0.1) is 101 Å². The fraction of sp³-hybridized carbons (Fsp3) is 0.587. The van der Waals surface area contributed by atoms with Gasteiger partial charge in [-0.25, -0.2) is 4.98 Å². The van der Waals surface area contributed by atoms with Crippen molar-refractivity contribution in [3.63, 3.8) is 0 Å². The summed E-state index contributed by atoms with van der Waals surface area (Å²) in [6.45, 7) is 23.3. The number of thiazole rings is 1. The van der Waals surface area contributed by atoms with E-state index in [0.717, 1.165) is 63.5 Å². The fourth-order valence-electron chi connectivity index (χ4n) is 10.3. The summed E-state index contributed by atoms with van der Waals surface area (Å²) in [5.41, 5.74) is 8.48. The number of anilines is 1. The molecule has 3 unspecified atom stereocenters. The number of amides is 7. The highest BCUT2D eigenvalue weighted by Gasteiger charge is 2.42. The quantitative estimate of drug-likeness (QED) is 0.0312. The number of aromatic nitrogens is 1. The van der Waals surface area contributed by atoms with Crippen LogP contribution in [0.25, 0.3) is 10.4 Å². The molecule has 3 aliphatic heterocycles. The van der Waals surface area contributed by atoms with Gasteiger partial charge in [-0.3, -0.25) is 43.8 Å². The van der Waals surface area contributed by atoms with Gasteiger partial charge in [0.15, 0.2) is 0 Å². The molecule has 484 valence electrons. The highest BCUT2D eigenvalue weighted by molar-refractivity contribution is 7.13. The van der Waals surface area contributed by atoms with Crippen molar-refractivity contribution in [2.45, 2.75) is 123 Å². The number of aryl methyl sites for hydroxylation is 1. The van der Waals surface area contributed by atoms with E-state index in [1.807, 2.05) is 87.5 Å². The van der Waals surface area contributed by atoms with Crippen molar-refractivity contribution < 1.29 is 66.7 Å². The summed E-state index contributed by atoms with van der Waals surface area (Å²) in [6, 6.07) is 11.7. The summed E-state index contributed by atoms with van der Waals surface area (Å²) in [5.74, 6) is -2.03.